The fourth-order valence-electron chi connectivity index (χ4n) is 2.33. The topological polar surface area (TPSA) is 67.4 Å². The Morgan fingerprint density at radius 2 is 2.10 bits per heavy atom. The number of thioether (sulfide) groups is 1. The molecule has 6 nitrogen and oxygen atoms in total. The lowest BCUT2D eigenvalue weighted by molar-refractivity contribution is -0.140. The third kappa shape index (κ3) is 4.31. The van der Waals surface area contributed by atoms with Crippen LogP contribution in [0.5, 0.6) is 0 Å². The van der Waals surface area contributed by atoms with Crippen LogP contribution in [0.15, 0.2) is 4.34 Å². The van der Waals surface area contributed by atoms with Crippen molar-refractivity contribution in [2.45, 2.75) is 49.3 Å². The number of ether oxygens (including phenoxy) is 1. The lowest BCUT2D eigenvalue weighted by atomic mass is 10.2. The maximum Gasteiger partial charge on any atom is 0.233 e. The molecule has 1 N–H and O–H groups in total. The van der Waals surface area contributed by atoms with Crippen LogP contribution in [0.1, 0.15) is 26.7 Å². The first-order valence-electron chi connectivity index (χ1n) is 7.26. The second-order valence-corrected chi connectivity index (χ2v) is 7.84. The van der Waals surface area contributed by atoms with Crippen LogP contribution in [0.4, 0.5) is 5.13 Å². The molecular weight excluding hydrogens is 308 g/mol. The zero-order valence-electron chi connectivity index (χ0n) is 12.2. The number of hydrogen-bond donors (Lipinski definition) is 1. The molecule has 1 amide bonds. The maximum absolute atomic E-state index is 12.2. The Morgan fingerprint density at radius 3 is 2.76 bits per heavy atom. The number of aromatic nitrogens is 2. The number of nitrogens with zero attached hydrogens (tertiary/aromatic N) is 3. The van der Waals surface area contributed by atoms with Gasteiger partial charge in [-0.2, -0.15) is 0 Å². The Balaban J connectivity index is 1.47. The fraction of sp³-hybridized carbons (Fsp3) is 0.769. The van der Waals surface area contributed by atoms with E-state index in [2.05, 4.69) is 15.5 Å². The minimum Gasteiger partial charge on any atom is -0.372 e. The Labute approximate surface area is 132 Å². The highest BCUT2D eigenvalue weighted by atomic mass is 32.2. The Morgan fingerprint density at radius 1 is 1.38 bits per heavy atom. The zero-order chi connectivity index (χ0) is 14.8. The predicted octanol–water partition coefficient (Wildman–Crippen LogP) is 1.84. The summed E-state index contributed by atoms with van der Waals surface area (Å²) in [6.45, 7) is 5.36. The van der Waals surface area contributed by atoms with Gasteiger partial charge in [-0.3, -0.25) is 4.79 Å². The molecule has 116 valence electrons. The molecule has 0 radical (unpaired) electrons. The van der Waals surface area contributed by atoms with E-state index in [1.165, 1.54) is 35.9 Å². The maximum atomic E-state index is 12.2. The van der Waals surface area contributed by atoms with Crippen molar-refractivity contribution < 1.29 is 9.53 Å². The second-order valence-electron chi connectivity index (χ2n) is 5.64. The van der Waals surface area contributed by atoms with Crippen LogP contribution in [0.2, 0.25) is 0 Å². The molecule has 1 aliphatic heterocycles. The van der Waals surface area contributed by atoms with Crippen molar-refractivity contribution in [1.82, 2.24) is 15.1 Å². The summed E-state index contributed by atoms with van der Waals surface area (Å²) in [6, 6.07) is 0.578. The highest BCUT2D eigenvalue weighted by Gasteiger charge is 2.26. The van der Waals surface area contributed by atoms with Gasteiger partial charge in [-0.05, 0) is 26.7 Å². The van der Waals surface area contributed by atoms with Crippen LogP contribution in [-0.2, 0) is 9.53 Å². The molecule has 2 aliphatic rings. The van der Waals surface area contributed by atoms with E-state index in [1.54, 1.807) is 0 Å². The average Bonchev–Trinajstić information content (AvgIpc) is 3.12. The molecule has 0 aromatic carbocycles. The van der Waals surface area contributed by atoms with E-state index < -0.39 is 0 Å². The third-order valence-corrected chi connectivity index (χ3v) is 5.38. The summed E-state index contributed by atoms with van der Waals surface area (Å²) in [5.74, 6) is 0.561. The number of carbonyl (C=O) groups is 1. The molecule has 0 unspecified atom stereocenters. The molecular formula is C13H20N4O2S2. The summed E-state index contributed by atoms with van der Waals surface area (Å²) in [5.41, 5.74) is 0. The Kier molecular flexibility index (Phi) is 4.66. The average molecular weight is 328 g/mol. The number of hydrogen-bond acceptors (Lipinski definition) is 7. The first-order chi connectivity index (χ1) is 10.1. The van der Waals surface area contributed by atoms with Gasteiger partial charge in [0.05, 0.1) is 18.0 Å². The first-order valence-corrected chi connectivity index (χ1v) is 9.06. The molecule has 0 bridgehead atoms. The molecule has 1 aliphatic carbocycles. The number of anilines is 1. The first kappa shape index (κ1) is 15.1. The number of carbonyl (C=O) groups excluding carboxylic acids is 1. The predicted molar refractivity (Wildman–Crippen MR) is 83.9 cm³/mol. The monoisotopic (exact) mass is 328 g/mol. The van der Waals surface area contributed by atoms with Crippen LogP contribution in [0.3, 0.4) is 0 Å². The van der Waals surface area contributed by atoms with E-state index in [1.807, 2.05) is 18.7 Å². The highest BCUT2D eigenvalue weighted by molar-refractivity contribution is 8.01. The molecule has 1 saturated heterocycles. The number of rotatable bonds is 5. The largest absolute Gasteiger partial charge is 0.372 e. The lowest BCUT2D eigenvalue weighted by Crippen LogP contribution is -2.48. The van der Waals surface area contributed by atoms with Crippen LogP contribution >= 0.6 is 23.1 Å². The van der Waals surface area contributed by atoms with Crippen LogP contribution in [-0.4, -0.2) is 58.1 Å². The van der Waals surface area contributed by atoms with Gasteiger partial charge in [-0.25, -0.2) is 0 Å². The zero-order valence-corrected chi connectivity index (χ0v) is 13.9. The molecule has 2 heterocycles. The summed E-state index contributed by atoms with van der Waals surface area (Å²) < 4.78 is 6.49. The Bertz CT molecular complexity index is 496. The van der Waals surface area contributed by atoms with E-state index in [4.69, 9.17) is 4.74 Å². The molecule has 8 heteroatoms. The van der Waals surface area contributed by atoms with Gasteiger partial charge in [0, 0.05) is 19.1 Å². The standard InChI is InChI=1S/C13H20N4O2S2/c1-8-5-17(6-9(2)19-8)11(18)7-20-13-16-15-12(21-13)14-10-3-4-10/h8-10H,3-7H2,1-2H3,(H,14,15)/t8-,9-/m0/s1. The minimum atomic E-state index is 0.110. The van der Waals surface area contributed by atoms with Gasteiger partial charge in [0.2, 0.25) is 11.0 Å². The van der Waals surface area contributed by atoms with Gasteiger partial charge in [0.15, 0.2) is 4.34 Å². The van der Waals surface area contributed by atoms with Gasteiger partial charge in [0.25, 0.3) is 0 Å². The van der Waals surface area contributed by atoms with E-state index in [0.717, 1.165) is 9.47 Å². The van der Waals surface area contributed by atoms with Gasteiger partial charge in [-0.1, -0.05) is 23.1 Å². The van der Waals surface area contributed by atoms with Crippen molar-refractivity contribution in [2.24, 2.45) is 0 Å². The Hall–Kier alpha value is -0.860. The SMILES string of the molecule is C[C@H]1CN(C(=O)CSc2nnc(NC3CC3)s2)C[C@H](C)O1. The van der Waals surface area contributed by atoms with E-state index >= 15 is 0 Å². The summed E-state index contributed by atoms with van der Waals surface area (Å²) in [4.78, 5) is 14.1. The third-order valence-electron chi connectivity index (χ3n) is 3.40. The van der Waals surface area contributed by atoms with Crippen LogP contribution in [0.25, 0.3) is 0 Å². The molecule has 0 spiro atoms. The van der Waals surface area contributed by atoms with Crippen molar-refractivity contribution >= 4 is 34.1 Å². The molecule has 21 heavy (non-hydrogen) atoms. The quantitative estimate of drug-likeness (QED) is 0.832. The van der Waals surface area contributed by atoms with Crippen LogP contribution < -0.4 is 5.32 Å². The lowest BCUT2D eigenvalue weighted by Gasteiger charge is -2.35. The fourth-order valence-corrected chi connectivity index (χ4v) is 4.06. The molecule has 2 atom stereocenters. The number of amides is 1. The van der Waals surface area contributed by atoms with Gasteiger partial charge in [0.1, 0.15) is 0 Å². The summed E-state index contributed by atoms with van der Waals surface area (Å²) in [7, 11) is 0. The molecule has 2 fully saturated rings. The summed E-state index contributed by atoms with van der Waals surface area (Å²) in [6.07, 6.45) is 2.65. The molecule has 3 rings (SSSR count). The molecule has 1 aromatic rings. The minimum absolute atomic E-state index is 0.110. The smallest absolute Gasteiger partial charge is 0.233 e. The van der Waals surface area contributed by atoms with Crippen molar-refractivity contribution in [1.29, 1.82) is 0 Å². The summed E-state index contributed by atoms with van der Waals surface area (Å²) >= 11 is 2.99. The highest BCUT2D eigenvalue weighted by Crippen LogP contribution is 2.30. The number of nitrogens with one attached hydrogen (secondary N) is 1. The van der Waals surface area contributed by atoms with Gasteiger partial charge < -0.3 is 15.0 Å². The van der Waals surface area contributed by atoms with E-state index in [0.29, 0.717) is 24.9 Å². The molecule has 1 saturated carbocycles. The van der Waals surface area contributed by atoms with E-state index in [9.17, 15) is 4.79 Å². The van der Waals surface area contributed by atoms with Crippen molar-refractivity contribution in [3.63, 3.8) is 0 Å². The van der Waals surface area contributed by atoms with Crippen molar-refractivity contribution in [2.75, 3.05) is 24.2 Å². The normalized spacial score (nSPS) is 25.9. The summed E-state index contributed by atoms with van der Waals surface area (Å²) in [5, 5.41) is 12.4. The van der Waals surface area contributed by atoms with E-state index in [-0.39, 0.29) is 18.1 Å². The second kappa shape index (κ2) is 6.50. The number of morpholine rings is 1. The molecule has 1 aromatic heterocycles. The van der Waals surface area contributed by atoms with Crippen LogP contribution in [0, 0.1) is 0 Å². The van der Waals surface area contributed by atoms with Gasteiger partial charge in [-0.15, -0.1) is 10.2 Å². The van der Waals surface area contributed by atoms with Crippen molar-refractivity contribution in [3.05, 3.63) is 0 Å². The van der Waals surface area contributed by atoms with Crippen molar-refractivity contribution in [3.8, 4) is 0 Å². The van der Waals surface area contributed by atoms with Gasteiger partial charge >= 0.3 is 0 Å².